The van der Waals surface area contributed by atoms with Crippen molar-refractivity contribution in [1.82, 2.24) is 15.0 Å². The van der Waals surface area contributed by atoms with Gasteiger partial charge in [-0.25, -0.2) is 4.68 Å². The first-order valence-corrected chi connectivity index (χ1v) is 10.4. The van der Waals surface area contributed by atoms with Crippen molar-refractivity contribution < 1.29 is 4.74 Å². The van der Waals surface area contributed by atoms with Crippen molar-refractivity contribution in [2.45, 2.75) is 109 Å². The maximum atomic E-state index is 5.80. The number of ether oxygens (including phenoxy) is 1. The molecule has 0 aromatic carbocycles. The van der Waals surface area contributed by atoms with Crippen LogP contribution < -0.4 is 0 Å². The number of nitrogens with zero attached hydrogens (tertiary/aromatic N) is 3. The molecule has 0 spiro atoms. The fourth-order valence-corrected chi connectivity index (χ4v) is 4.34. The number of aryl methyl sites for hydroxylation is 1. The molecule has 1 saturated heterocycles. The molecule has 2 aliphatic rings. The number of aromatic nitrogens is 3. The summed E-state index contributed by atoms with van der Waals surface area (Å²) >= 11 is 0. The summed E-state index contributed by atoms with van der Waals surface area (Å²) in [6.45, 7) is 4.12. The third-order valence-electron chi connectivity index (χ3n) is 5.78. The van der Waals surface area contributed by atoms with Gasteiger partial charge in [0.15, 0.2) is 0 Å². The third-order valence-corrected chi connectivity index (χ3v) is 5.78. The smallest absolute Gasteiger partial charge is 0.0863 e. The lowest BCUT2D eigenvalue weighted by Gasteiger charge is -2.07. The second-order valence-electron chi connectivity index (χ2n) is 7.69. The van der Waals surface area contributed by atoms with Crippen molar-refractivity contribution in [2.24, 2.45) is 0 Å². The summed E-state index contributed by atoms with van der Waals surface area (Å²) in [6.07, 6.45) is 18.0. The first kappa shape index (κ1) is 17.9. The SMILES string of the molecule is CCCCCCCCCCCCCc1nnn2c1[C@@H]1CCO[C@@H]1C2. The van der Waals surface area contributed by atoms with Gasteiger partial charge in [-0.3, -0.25) is 0 Å². The van der Waals surface area contributed by atoms with Gasteiger partial charge < -0.3 is 4.74 Å². The molecule has 4 heteroatoms. The summed E-state index contributed by atoms with van der Waals surface area (Å²) in [6, 6.07) is 0. The van der Waals surface area contributed by atoms with Crippen LogP contribution in [-0.2, 0) is 17.7 Å². The Labute approximate surface area is 147 Å². The summed E-state index contributed by atoms with van der Waals surface area (Å²) in [5.74, 6) is 0.572. The van der Waals surface area contributed by atoms with E-state index in [1.54, 1.807) is 0 Å². The van der Waals surface area contributed by atoms with Crippen LogP contribution in [0.25, 0.3) is 0 Å². The molecule has 0 saturated carbocycles. The van der Waals surface area contributed by atoms with Crippen molar-refractivity contribution >= 4 is 0 Å². The molecular weight excluding hydrogens is 298 g/mol. The quantitative estimate of drug-likeness (QED) is 0.504. The second-order valence-corrected chi connectivity index (χ2v) is 7.69. The zero-order valence-electron chi connectivity index (χ0n) is 15.5. The summed E-state index contributed by atoms with van der Waals surface area (Å²) in [4.78, 5) is 0. The summed E-state index contributed by atoms with van der Waals surface area (Å²) in [7, 11) is 0. The molecule has 136 valence electrons. The molecule has 1 aromatic heterocycles. The predicted octanol–water partition coefficient (Wildman–Crippen LogP) is 5.02. The average Bonchev–Trinajstić information content (AvgIpc) is 3.25. The van der Waals surface area contributed by atoms with E-state index in [2.05, 4.69) is 21.9 Å². The maximum Gasteiger partial charge on any atom is 0.0863 e. The highest BCUT2D eigenvalue weighted by Crippen LogP contribution is 2.38. The molecule has 0 unspecified atom stereocenters. The minimum absolute atomic E-state index is 0.381. The number of hydrogen-bond acceptors (Lipinski definition) is 3. The molecule has 3 heterocycles. The van der Waals surface area contributed by atoms with E-state index >= 15 is 0 Å². The second kappa shape index (κ2) is 9.55. The van der Waals surface area contributed by atoms with Crippen molar-refractivity contribution in [2.75, 3.05) is 6.61 Å². The van der Waals surface area contributed by atoms with Gasteiger partial charge >= 0.3 is 0 Å². The number of hydrogen-bond donors (Lipinski definition) is 0. The van der Waals surface area contributed by atoms with Crippen LogP contribution in [0.1, 0.15) is 101 Å². The standard InChI is InChI=1S/C20H35N3O/c1-2-3-4-5-6-7-8-9-10-11-12-13-18-20-17-14-15-24-19(17)16-23(20)22-21-18/h17,19H,2-16H2,1H3/t17-,19-/m1/s1. The fraction of sp³-hybridized carbons (Fsp3) is 0.900. The van der Waals surface area contributed by atoms with Gasteiger partial charge in [-0.15, -0.1) is 5.10 Å². The maximum absolute atomic E-state index is 5.80. The van der Waals surface area contributed by atoms with Gasteiger partial charge in [-0.05, 0) is 19.3 Å². The van der Waals surface area contributed by atoms with E-state index < -0.39 is 0 Å². The molecule has 0 N–H and O–H groups in total. The van der Waals surface area contributed by atoms with Gasteiger partial charge in [-0.2, -0.15) is 0 Å². The lowest BCUT2D eigenvalue weighted by atomic mass is 9.97. The van der Waals surface area contributed by atoms with Crippen LogP contribution in [0.15, 0.2) is 0 Å². The van der Waals surface area contributed by atoms with Crippen molar-refractivity contribution in [1.29, 1.82) is 0 Å². The monoisotopic (exact) mass is 333 g/mol. The summed E-state index contributed by atoms with van der Waals surface area (Å²) in [5.41, 5.74) is 2.65. The number of fused-ring (bicyclic) bond motifs is 3. The molecule has 2 atom stereocenters. The van der Waals surface area contributed by atoms with E-state index in [4.69, 9.17) is 4.74 Å². The van der Waals surface area contributed by atoms with Crippen LogP contribution in [0, 0.1) is 0 Å². The highest BCUT2D eigenvalue weighted by Gasteiger charge is 2.40. The zero-order chi connectivity index (χ0) is 16.6. The molecule has 1 fully saturated rings. The Morgan fingerprint density at radius 3 is 2.33 bits per heavy atom. The molecule has 0 bridgehead atoms. The number of unbranched alkanes of at least 4 members (excludes halogenated alkanes) is 10. The lowest BCUT2D eigenvalue weighted by Crippen LogP contribution is -2.11. The number of rotatable bonds is 12. The highest BCUT2D eigenvalue weighted by atomic mass is 16.5. The molecule has 3 rings (SSSR count). The minimum atomic E-state index is 0.381. The highest BCUT2D eigenvalue weighted by molar-refractivity contribution is 5.22. The van der Waals surface area contributed by atoms with Crippen LogP contribution in [0.5, 0.6) is 0 Å². The predicted molar refractivity (Wildman–Crippen MR) is 97.3 cm³/mol. The Morgan fingerprint density at radius 1 is 0.958 bits per heavy atom. The molecular formula is C20H35N3O. The van der Waals surface area contributed by atoms with Gasteiger partial charge in [0.1, 0.15) is 0 Å². The van der Waals surface area contributed by atoms with E-state index in [9.17, 15) is 0 Å². The first-order valence-electron chi connectivity index (χ1n) is 10.4. The van der Waals surface area contributed by atoms with Crippen LogP contribution in [0.3, 0.4) is 0 Å². The summed E-state index contributed by atoms with van der Waals surface area (Å²) < 4.78 is 7.90. The Hall–Kier alpha value is -0.900. The Morgan fingerprint density at radius 2 is 1.62 bits per heavy atom. The normalized spacial score (nSPS) is 22.0. The van der Waals surface area contributed by atoms with E-state index in [0.29, 0.717) is 12.0 Å². The third kappa shape index (κ3) is 4.59. The Kier molecular flexibility index (Phi) is 7.13. The Balaban J connectivity index is 1.24. The fourth-order valence-electron chi connectivity index (χ4n) is 4.34. The van der Waals surface area contributed by atoms with E-state index in [0.717, 1.165) is 26.0 Å². The average molecular weight is 334 g/mol. The van der Waals surface area contributed by atoms with Crippen LogP contribution >= 0.6 is 0 Å². The minimum Gasteiger partial charge on any atom is -0.376 e. The van der Waals surface area contributed by atoms with Crippen molar-refractivity contribution in [3.63, 3.8) is 0 Å². The van der Waals surface area contributed by atoms with Gasteiger partial charge in [0.2, 0.25) is 0 Å². The molecule has 2 aliphatic heterocycles. The lowest BCUT2D eigenvalue weighted by molar-refractivity contribution is 0.0992. The van der Waals surface area contributed by atoms with Gasteiger partial charge in [-0.1, -0.05) is 76.3 Å². The van der Waals surface area contributed by atoms with Crippen LogP contribution in [0.4, 0.5) is 0 Å². The van der Waals surface area contributed by atoms with Crippen molar-refractivity contribution in [3.05, 3.63) is 11.4 Å². The largest absolute Gasteiger partial charge is 0.376 e. The first-order chi connectivity index (χ1) is 11.9. The van der Waals surface area contributed by atoms with Crippen molar-refractivity contribution in [3.8, 4) is 0 Å². The van der Waals surface area contributed by atoms with Crippen LogP contribution in [-0.4, -0.2) is 27.7 Å². The van der Waals surface area contributed by atoms with Gasteiger partial charge in [0.05, 0.1) is 24.0 Å². The molecule has 0 amide bonds. The zero-order valence-corrected chi connectivity index (χ0v) is 15.5. The van der Waals surface area contributed by atoms with E-state index in [1.807, 2.05) is 0 Å². The molecule has 1 aromatic rings. The summed E-state index contributed by atoms with van der Waals surface area (Å²) in [5, 5.41) is 8.77. The molecule has 0 aliphatic carbocycles. The van der Waals surface area contributed by atoms with Gasteiger partial charge in [0.25, 0.3) is 0 Å². The molecule has 4 nitrogen and oxygen atoms in total. The molecule has 0 radical (unpaired) electrons. The van der Waals surface area contributed by atoms with Crippen LogP contribution in [0.2, 0.25) is 0 Å². The van der Waals surface area contributed by atoms with E-state index in [1.165, 1.54) is 82.0 Å². The van der Waals surface area contributed by atoms with Gasteiger partial charge in [0, 0.05) is 12.5 Å². The topological polar surface area (TPSA) is 39.9 Å². The molecule has 24 heavy (non-hydrogen) atoms. The van der Waals surface area contributed by atoms with E-state index in [-0.39, 0.29) is 0 Å². The Bertz CT molecular complexity index is 485.